The second-order valence-electron chi connectivity index (χ2n) is 5.26. The molecule has 1 heterocycles. The van der Waals surface area contributed by atoms with Crippen molar-refractivity contribution in [1.29, 1.82) is 0 Å². The van der Waals surface area contributed by atoms with Crippen molar-refractivity contribution in [3.63, 3.8) is 0 Å². The fourth-order valence-electron chi connectivity index (χ4n) is 2.24. The molecular weight excluding hydrogens is 252 g/mol. The molecule has 0 spiro atoms. The third-order valence-electron chi connectivity index (χ3n) is 3.84. The number of nitrogens with one attached hydrogen (secondary N) is 1. The van der Waals surface area contributed by atoms with Crippen LogP contribution in [-0.4, -0.2) is 29.3 Å². The van der Waals surface area contributed by atoms with E-state index < -0.39 is 0 Å². The van der Waals surface area contributed by atoms with Gasteiger partial charge in [0.05, 0.1) is 7.11 Å². The van der Waals surface area contributed by atoms with Crippen LogP contribution in [0.4, 0.5) is 5.82 Å². The number of pyridine rings is 1. The van der Waals surface area contributed by atoms with Gasteiger partial charge in [0.15, 0.2) is 0 Å². The smallest absolute Gasteiger partial charge is 0.134 e. The van der Waals surface area contributed by atoms with E-state index in [9.17, 15) is 5.11 Å². The van der Waals surface area contributed by atoms with Gasteiger partial charge in [-0.05, 0) is 49.4 Å². The Labute approximate surface area is 119 Å². The summed E-state index contributed by atoms with van der Waals surface area (Å²) in [6.45, 7) is 4.38. The molecule has 0 radical (unpaired) electrons. The van der Waals surface area contributed by atoms with Gasteiger partial charge in [0.2, 0.25) is 0 Å². The molecule has 2 rings (SSSR count). The van der Waals surface area contributed by atoms with Gasteiger partial charge >= 0.3 is 0 Å². The minimum absolute atomic E-state index is 0.157. The molecule has 2 N–H and O–H groups in total. The van der Waals surface area contributed by atoms with E-state index in [-0.39, 0.29) is 12.1 Å². The van der Waals surface area contributed by atoms with Crippen LogP contribution >= 0.6 is 0 Å². The zero-order chi connectivity index (χ0) is 14.6. The summed E-state index contributed by atoms with van der Waals surface area (Å²) in [6, 6.07) is 7.92. The van der Waals surface area contributed by atoms with E-state index in [1.165, 1.54) is 0 Å². The molecule has 108 valence electrons. The Kier molecular flexibility index (Phi) is 4.45. The Morgan fingerprint density at radius 1 is 1.35 bits per heavy atom. The summed E-state index contributed by atoms with van der Waals surface area (Å²) < 4.78 is 5.25. The number of rotatable bonds is 6. The fourth-order valence-corrected chi connectivity index (χ4v) is 2.24. The number of ether oxygens (including phenoxy) is 1. The van der Waals surface area contributed by atoms with Gasteiger partial charge in [-0.3, -0.25) is 0 Å². The summed E-state index contributed by atoms with van der Waals surface area (Å²) in [6.07, 6.45) is 3.40. The van der Waals surface area contributed by atoms with Crippen LogP contribution in [0.25, 0.3) is 10.8 Å². The molecule has 20 heavy (non-hydrogen) atoms. The minimum Gasteiger partial charge on any atom is -0.497 e. The molecule has 1 aromatic heterocycles. The maximum Gasteiger partial charge on any atom is 0.134 e. The van der Waals surface area contributed by atoms with Crippen molar-refractivity contribution in [2.75, 3.05) is 19.0 Å². The van der Waals surface area contributed by atoms with E-state index in [0.29, 0.717) is 6.42 Å². The summed E-state index contributed by atoms with van der Waals surface area (Å²) in [5, 5.41) is 14.8. The molecule has 0 amide bonds. The molecule has 0 aliphatic carbocycles. The quantitative estimate of drug-likeness (QED) is 0.849. The van der Waals surface area contributed by atoms with Crippen molar-refractivity contribution >= 4 is 16.6 Å². The third kappa shape index (κ3) is 3.02. The zero-order valence-corrected chi connectivity index (χ0v) is 12.3. The van der Waals surface area contributed by atoms with Gasteiger partial charge in [-0.1, -0.05) is 6.92 Å². The topological polar surface area (TPSA) is 54.4 Å². The first-order chi connectivity index (χ1) is 9.61. The molecule has 2 aromatic rings. The summed E-state index contributed by atoms with van der Waals surface area (Å²) in [5.41, 5.74) is -0.157. The SMILES string of the molecule is CCC(C)(CCO)Nc1nccc2cc(OC)ccc12. The Hall–Kier alpha value is -1.81. The molecule has 0 aliphatic heterocycles. The van der Waals surface area contributed by atoms with Gasteiger partial charge in [0.25, 0.3) is 0 Å². The first-order valence-electron chi connectivity index (χ1n) is 6.93. The molecule has 1 atom stereocenters. The lowest BCUT2D eigenvalue weighted by Crippen LogP contribution is -2.35. The number of nitrogens with zero attached hydrogens (tertiary/aromatic N) is 1. The first-order valence-corrected chi connectivity index (χ1v) is 6.93. The molecular formula is C16H22N2O2. The highest BCUT2D eigenvalue weighted by Crippen LogP contribution is 2.28. The number of fused-ring (bicyclic) bond motifs is 1. The number of aliphatic hydroxyl groups excluding tert-OH is 1. The number of benzene rings is 1. The predicted molar refractivity (Wildman–Crippen MR) is 82.3 cm³/mol. The highest BCUT2D eigenvalue weighted by Gasteiger charge is 2.22. The van der Waals surface area contributed by atoms with Crippen LogP contribution in [0, 0.1) is 0 Å². The van der Waals surface area contributed by atoms with Crippen molar-refractivity contribution in [2.24, 2.45) is 0 Å². The van der Waals surface area contributed by atoms with Crippen LogP contribution in [0.15, 0.2) is 30.5 Å². The van der Waals surface area contributed by atoms with Crippen molar-refractivity contribution in [3.8, 4) is 5.75 Å². The van der Waals surface area contributed by atoms with Gasteiger partial charge < -0.3 is 15.2 Å². The average Bonchev–Trinajstić information content (AvgIpc) is 2.47. The molecule has 0 aliphatic rings. The summed E-state index contributed by atoms with van der Waals surface area (Å²) >= 11 is 0. The first kappa shape index (κ1) is 14.6. The van der Waals surface area contributed by atoms with Gasteiger partial charge in [-0.2, -0.15) is 0 Å². The highest BCUT2D eigenvalue weighted by molar-refractivity contribution is 5.92. The molecule has 1 unspecified atom stereocenters. The van der Waals surface area contributed by atoms with E-state index in [1.807, 2.05) is 24.3 Å². The molecule has 4 nitrogen and oxygen atoms in total. The lowest BCUT2D eigenvalue weighted by atomic mass is 9.94. The van der Waals surface area contributed by atoms with Crippen LogP contribution < -0.4 is 10.1 Å². The number of hydrogen-bond donors (Lipinski definition) is 2. The minimum atomic E-state index is -0.157. The van der Waals surface area contributed by atoms with Crippen molar-refractivity contribution in [3.05, 3.63) is 30.5 Å². The Balaban J connectivity index is 2.39. The maximum atomic E-state index is 9.22. The van der Waals surface area contributed by atoms with E-state index in [1.54, 1.807) is 13.3 Å². The third-order valence-corrected chi connectivity index (χ3v) is 3.84. The van der Waals surface area contributed by atoms with E-state index in [4.69, 9.17) is 4.74 Å². The van der Waals surface area contributed by atoms with E-state index in [0.717, 1.165) is 28.8 Å². The van der Waals surface area contributed by atoms with E-state index >= 15 is 0 Å². The number of methoxy groups -OCH3 is 1. The Morgan fingerprint density at radius 2 is 2.15 bits per heavy atom. The Bertz CT molecular complexity index is 586. The molecule has 1 aromatic carbocycles. The fraction of sp³-hybridized carbons (Fsp3) is 0.438. The Morgan fingerprint density at radius 3 is 2.80 bits per heavy atom. The number of aromatic nitrogens is 1. The second kappa shape index (κ2) is 6.09. The zero-order valence-electron chi connectivity index (χ0n) is 12.3. The summed E-state index contributed by atoms with van der Waals surface area (Å²) in [4.78, 5) is 4.44. The summed E-state index contributed by atoms with van der Waals surface area (Å²) in [7, 11) is 1.66. The van der Waals surface area contributed by atoms with Crippen molar-refractivity contribution in [1.82, 2.24) is 4.98 Å². The molecule has 4 heteroatoms. The average molecular weight is 274 g/mol. The standard InChI is InChI=1S/C16H22N2O2/c1-4-16(2,8-10-19)18-15-14-6-5-13(20-3)11-12(14)7-9-17-15/h5-7,9,11,19H,4,8,10H2,1-3H3,(H,17,18). The monoisotopic (exact) mass is 274 g/mol. The van der Waals surface area contributed by atoms with Crippen LogP contribution in [-0.2, 0) is 0 Å². The second-order valence-corrected chi connectivity index (χ2v) is 5.26. The van der Waals surface area contributed by atoms with Crippen LogP contribution in [0.5, 0.6) is 5.75 Å². The largest absolute Gasteiger partial charge is 0.497 e. The van der Waals surface area contributed by atoms with Gasteiger partial charge in [0, 0.05) is 23.7 Å². The molecule has 0 saturated carbocycles. The number of hydrogen-bond acceptors (Lipinski definition) is 4. The van der Waals surface area contributed by atoms with Crippen LogP contribution in [0.1, 0.15) is 26.7 Å². The summed E-state index contributed by atoms with van der Waals surface area (Å²) in [5.74, 6) is 1.69. The lowest BCUT2D eigenvalue weighted by Gasteiger charge is -2.30. The lowest BCUT2D eigenvalue weighted by molar-refractivity contribution is 0.252. The van der Waals surface area contributed by atoms with Gasteiger partial charge in [-0.25, -0.2) is 4.98 Å². The maximum absolute atomic E-state index is 9.22. The highest BCUT2D eigenvalue weighted by atomic mass is 16.5. The van der Waals surface area contributed by atoms with Crippen LogP contribution in [0.3, 0.4) is 0 Å². The van der Waals surface area contributed by atoms with E-state index in [2.05, 4.69) is 24.1 Å². The normalized spacial score (nSPS) is 14.0. The molecule has 0 saturated heterocycles. The molecule has 0 fully saturated rings. The van der Waals surface area contributed by atoms with Crippen molar-refractivity contribution in [2.45, 2.75) is 32.2 Å². The van der Waals surface area contributed by atoms with Gasteiger partial charge in [0.1, 0.15) is 11.6 Å². The number of aliphatic hydroxyl groups is 1. The number of anilines is 1. The molecule has 0 bridgehead atoms. The predicted octanol–water partition coefficient (Wildman–Crippen LogP) is 3.21. The van der Waals surface area contributed by atoms with Gasteiger partial charge in [-0.15, -0.1) is 0 Å². The van der Waals surface area contributed by atoms with Crippen LogP contribution in [0.2, 0.25) is 0 Å². The van der Waals surface area contributed by atoms with Crippen molar-refractivity contribution < 1.29 is 9.84 Å².